The molecule has 0 aromatic heterocycles. The van der Waals surface area contributed by atoms with Gasteiger partial charge < -0.3 is 9.84 Å². The van der Waals surface area contributed by atoms with Crippen LogP contribution in [0.4, 0.5) is 0 Å². The Labute approximate surface area is 132 Å². The second kappa shape index (κ2) is 3.80. The number of aliphatic hydroxyl groups is 1. The van der Waals surface area contributed by atoms with Gasteiger partial charge >= 0.3 is 5.97 Å². The van der Waals surface area contributed by atoms with Crippen molar-refractivity contribution in [3.8, 4) is 0 Å². The number of esters is 1. The van der Waals surface area contributed by atoms with Gasteiger partial charge in [0.25, 0.3) is 0 Å². The van der Waals surface area contributed by atoms with E-state index in [4.69, 9.17) is 4.74 Å². The molecule has 6 aliphatic rings. The third kappa shape index (κ3) is 1.32. The number of aliphatic hydroxyl groups excluding tert-OH is 1. The fourth-order valence-electron chi connectivity index (χ4n) is 7.38. The van der Waals surface area contributed by atoms with Gasteiger partial charge in [-0.1, -0.05) is 26.0 Å². The zero-order valence-electron chi connectivity index (χ0n) is 13.5. The maximum Gasteiger partial charge on any atom is 0.313 e. The summed E-state index contributed by atoms with van der Waals surface area (Å²) in [6.45, 7) is 4.53. The summed E-state index contributed by atoms with van der Waals surface area (Å²) in [7, 11) is 0. The Balaban J connectivity index is 1.67. The third-order valence-electron chi connectivity index (χ3n) is 8.10. The van der Waals surface area contributed by atoms with Gasteiger partial charge in [-0.3, -0.25) is 4.79 Å². The largest absolute Gasteiger partial charge is 0.462 e. The molecule has 2 heterocycles. The van der Waals surface area contributed by atoms with Crippen molar-refractivity contribution in [3.63, 3.8) is 0 Å². The lowest BCUT2D eigenvalue weighted by Gasteiger charge is -2.66. The number of rotatable bonds is 0. The molecule has 0 aromatic carbocycles. The van der Waals surface area contributed by atoms with Crippen LogP contribution in [0.2, 0.25) is 0 Å². The van der Waals surface area contributed by atoms with Gasteiger partial charge in [-0.25, -0.2) is 0 Å². The zero-order valence-corrected chi connectivity index (χ0v) is 13.5. The van der Waals surface area contributed by atoms with E-state index in [0.29, 0.717) is 11.8 Å². The van der Waals surface area contributed by atoms with Crippen LogP contribution >= 0.6 is 0 Å². The second-order valence-corrected chi connectivity index (χ2v) is 9.17. The molecule has 5 fully saturated rings. The van der Waals surface area contributed by atoms with Gasteiger partial charge in [0.05, 0.1) is 11.5 Å². The lowest BCUT2D eigenvalue weighted by atomic mass is 9.40. The number of carbonyl (C=O) groups is 1. The normalized spacial score (nSPS) is 61.6. The molecule has 3 saturated carbocycles. The van der Waals surface area contributed by atoms with E-state index in [-0.39, 0.29) is 34.9 Å². The molecule has 2 unspecified atom stereocenters. The summed E-state index contributed by atoms with van der Waals surface area (Å²) in [6.07, 6.45) is 10.6. The topological polar surface area (TPSA) is 46.5 Å². The molecular formula is C19H26O3. The van der Waals surface area contributed by atoms with E-state index in [1.165, 1.54) is 6.42 Å². The summed E-state index contributed by atoms with van der Waals surface area (Å²) in [4.78, 5) is 13.0. The predicted octanol–water partition coefficient (Wildman–Crippen LogP) is 3.07. The SMILES string of the molecule is C[C@@H]1C2[C@H](O)C[C@@]34C=C[C@@](C)(CCC3[C@@]23CC[C@@H]1OC3=O)C4. The Bertz CT molecular complexity index is 583. The first-order valence-corrected chi connectivity index (χ1v) is 9.00. The molecule has 3 nitrogen and oxygen atoms in total. The van der Waals surface area contributed by atoms with Crippen LogP contribution in [0.3, 0.4) is 0 Å². The van der Waals surface area contributed by atoms with E-state index in [2.05, 4.69) is 26.0 Å². The summed E-state index contributed by atoms with van der Waals surface area (Å²) >= 11 is 0. The number of carbonyl (C=O) groups excluding carboxylic acids is 1. The summed E-state index contributed by atoms with van der Waals surface area (Å²) in [6, 6.07) is 0. The molecule has 8 atom stereocenters. The van der Waals surface area contributed by atoms with Crippen molar-refractivity contribution in [1.82, 2.24) is 0 Å². The van der Waals surface area contributed by atoms with Gasteiger partial charge in [0.15, 0.2) is 0 Å². The summed E-state index contributed by atoms with van der Waals surface area (Å²) in [5.74, 6) is 0.800. The highest BCUT2D eigenvalue weighted by Gasteiger charge is 2.72. The van der Waals surface area contributed by atoms with Crippen LogP contribution in [0.5, 0.6) is 0 Å². The van der Waals surface area contributed by atoms with Crippen molar-refractivity contribution in [2.75, 3.05) is 0 Å². The Kier molecular flexibility index (Phi) is 2.35. The minimum absolute atomic E-state index is 0.0129. The molecule has 2 saturated heterocycles. The molecule has 2 aliphatic heterocycles. The van der Waals surface area contributed by atoms with E-state index in [9.17, 15) is 9.90 Å². The third-order valence-corrected chi connectivity index (χ3v) is 8.10. The number of ether oxygens (including phenoxy) is 1. The van der Waals surface area contributed by atoms with Gasteiger partial charge in [0.2, 0.25) is 0 Å². The average Bonchev–Trinajstić information content (AvgIpc) is 2.70. The molecule has 1 N–H and O–H groups in total. The van der Waals surface area contributed by atoms with Crippen molar-refractivity contribution in [2.45, 2.75) is 64.6 Å². The highest BCUT2D eigenvalue weighted by molar-refractivity contribution is 5.80. The molecule has 2 spiro atoms. The molecule has 3 heteroatoms. The lowest BCUT2D eigenvalue weighted by Crippen LogP contribution is -2.69. The minimum Gasteiger partial charge on any atom is -0.462 e. The Morgan fingerprint density at radius 3 is 2.86 bits per heavy atom. The number of allylic oxidation sites excluding steroid dienone is 2. The number of hydrogen-bond acceptors (Lipinski definition) is 3. The Morgan fingerprint density at radius 1 is 1.27 bits per heavy atom. The maximum atomic E-state index is 13.0. The Morgan fingerprint density at radius 2 is 2.09 bits per heavy atom. The van der Waals surface area contributed by atoms with Crippen LogP contribution in [0.25, 0.3) is 0 Å². The molecule has 4 bridgehead atoms. The predicted molar refractivity (Wildman–Crippen MR) is 81.8 cm³/mol. The van der Waals surface area contributed by atoms with Gasteiger partial charge in [-0.15, -0.1) is 0 Å². The number of hydrogen-bond donors (Lipinski definition) is 1. The van der Waals surface area contributed by atoms with Gasteiger partial charge in [0, 0.05) is 5.92 Å². The van der Waals surface area contributed by atoms with Crippen LogP contribution in [-0.4, -0.2) is 23.3 Å². The summed E-state index contributed by atoms with van der Waals surface area (Å²) in [5, 5.41) is 11.0. The van der Waals surface area contributed by atoms with Crippen molar-refractivity contribution in [2.24, 2.45) is 34.0 Å². The van der Waals surface area contributed by atoms with Crippen molar-refractivity contribution < 1.29 is 14.6 Å². The fraction of sp³-hybridized carbons (Fsp3) is 0.842. The summed E-state index contributed by atoms with van der Waals surface area (Å²) < 4.78 is 5.81. The fourth-order valence-corrected chi connectivity index (χ4v) is 7.38. The van der Waals surface area contributed by atoms with Crippen molar-refractivity contribution in [3.05, 3.63) is 12.2 Å². The Hall–Kier alpha value is -0.830. The molecular weight excluding hydrogens is 276 g/mol. The summed E-state index contributed by atoms with van der Waals surface area (Å²) in [5.41, 5.74) is -0.102. The monoisotopic (exact) mass is 302 g/mol. The smallest absolute Gasteiger partial charge is 0.313 e. The van der Waals surface area contributed by atoms with Crippen LogP contribution in [0, 0.1) is 34.0 Å². The van der Waals surface area contributed by atoms with Gasteiger partial charge in [0.1, 0.15) is 6.10 Å². The first-order valence-electron chi connectivity index (χ1n) is 9.00. The average molecular weight is 302 g/mol. The molecule has 0 radical (unpaired) electrons. The van der Waals surface area contributed by atoms with Crippen LogP contribution in [-0.2, 0) is 9.53 Å². The quantitative estimate of drug-likeness (QED) is 0.552. The van der Waals surface area contributed by atoms with E-state index < -0.39 is 5.41 Å². The van der Waals surface area contributed by atoms with Crippen molar-refractivity contribution in [1.29, 1.82) is 0 Å². The van der Waals surface area contributed by atoms with E-state index in [1.54, 1.807) is 0 Å². The zero-order chi connectivity index (χ0) is 15.3. The van der Waals surface area contributed by atoms with Crippen LogP contribution in [0.15, 0.2) is 12.2 Å². The van der Waals surface area contributed by atoms with Gasteiger partial charge in [-0.2, -0.15) is 0 Å². The van der Waals surface area contributed by atoms with Gasteiger partial charge in [-0.05, 0) is 61.2 Å². The molecule has 4 aliphatic carbocycles. The van der Waals surface area contributed by atoms with Crippen molar-refractivity contribution >= 4 is 5.97 Å². The maximum absolute atomic E-state index is 13.0. The lowest BCUT2D eigenvalue weighted by molar-refractivity contribution is -0.255. The first kappa shape index (κ1) is 13.6. The standard InChI is InChI=1S/C19H26O3/c1-11-13-3-6-19(16(21)22-13)14-4-5-17(2)7-8-18(14,10-17)9-12(20)15(11)19/h7-8,11-15,20H,3-6,9-10H2,1-2H3/t11-,12+,13-,14?,15?,17+,18+,19-/m0/s1. The minimum atomic E-state index is -0.415. The van der Waals surface area contributed by atoms with E-state index >= 15 is 0 Å². The molecule has 120 valence electrons. The molecule has 0 amide bonds. The number of fused-ring (bicyclic) bond motifs is 3. The first-order chi connectivity index (χ1) is 10.4. The second-order valence-electron chi connectivity index (χ2n) is 9.17. The van der Waals surface area contributed by atoms with Crippen LogP contribution < -0.4 is 0 Å². The van der Waals surface area contributed by atoms with E-state index in [0.717, 1.165) is 32.1 Å². The molecule has 6 rings (SSSR count). The highest BCUT2D eigenvalue weighted by Crippen LogP contribution is 2.71. The van der Waals surface area contributed by atoms with Crippen LogP contribution in [0.1, 0.15) is 52.4 Å². The molecule has 22 heavy (non-hydrogen) atoms. The van der Waals surface area contributed by atoms with E-state index in [1.807, 2.05) is 0 Å². The molecule has 0 aromatic rings. The highest BCUT2D eigenvalue weighted by atomic mass is 16.5.